The minimum absolute atomic E-state index is 0.307. The molecule has 0 saturated heterocycles. The second-order valence-corrected chi connectivity index (χ2v) is 6.11. The summed E-state index contributed by atoms with van der Waals surface area (Å²) >= 11 is 0. The average molecular weight is 271 g/mol. The van der Waals surface area contributed by atoms with Crippen LogP contribution in [0.4, 0.5) is 0 Å². The third-order valence-electron chi connectivity index (χ3n) is 2.82. The molecule has 0 bridgehead atoms. The summed E-state index contributed by atoms with van der Waals surface area (Å²) in [6, 6.07) is 5.54. The van der Waals surface area contributed by atoms with Gasteiger partial charge in [-0.15, -0.1) is 0 Å². The van der Waals surface area contributed by atoms with E-state index in [-0.39, 0.29) is 0 Å². The lowest BCUT2D eigenvalue weighted by atomic mass is 10.1. The number of hydrogen-bond acceptors (Lipinski definition) is 4. The highest BCUT2D eigenvalue weighted by atomic mass is 32.2. The molecule has 0 aromatic heterocycles. The number of nitrogens with zero attached hydrogens (tertiary/aromatic N) is 1. The van der Waals surface area contributed by atoms with Crippen LogP contribution in [0.15, 0.2) is 18.2 Å². The fourth-order valence-electron chi connectivity index (χ4n) is 1.91. The second kappa shape index (κ2) is 5.16. The van der Waals surface area contributed by atoms with E-state index in [1.807, 2.05) is 25.1 Å². The molecule has 18 heavy (non-hydrogen) atoms. The van der Waals surface area contributed by atoms with Crippen molar-refractivity contribution in [3.8, 4) is 11.5 Å². The van der Waals surface area contributed by atoms with Crippen molar-refractivity contribution in [1.82, 2.24) is 4.31 Å². The van der Waals surface area contributed by atoms with E-state index < -0.39 is 10.0 Å². The lowest BCUT2D eigenvalue weighted by Crippen LogP contribution is -2.29. The first-order chi connectivity index (χ1) is 8.52. The van der Waals surface area contributed by atoms with Gasteiger partial charge in [-0.1, -0.05) is 19.1 Å². The van der Waals surface area contributed by atoms with Crippen LogP contribution in [-0.4, -0.2) is 38.7 Å². The smallest absolute Gasteiger partial charge is 0.211 e. The van der Waals surface area contributed by atoms with Crippen LogP contribution in [0.5, 0.6) is 11.5 Å². The maximum absolute atomic E-state index is 11.6. The number of rotatable bonds is 4. The SMILES string of the molecule is CCN(Cc1cccc2c1OCCO2)S(C)(=O)=O. The van der Waals surface area contributed by atoms with Gasteiger partial charge in [0.05, 0.1) is 6.26 Å². The summed E-state index contributed by atoms with van der Waals surface area (Å²) in [7, 11) is -3.20. The van der Waals surface area contributed by atoms with E-state index in [1.54, 1.807) is 0 Å². The summed E-state index contributed by atoms with van der Waals surface area (Å²) in [5.74, 6) is 1.34. The van der Waals surface area contributed by atoms with Crippen molar-refractivity contribution in [2.75, 3.05) is 26.0 Å². The first-order valence-electron chi connectivity index (χ1n) is 5.85. The summed E-state index contributed by atoms with van der Waals surface area (Å²) in [5.41, 5.74) is 0.833. The molecule has 1 aliphatic rings. The molecular formula is C12H17NO4S. The number of benzene rings is 1. The van der Waals surface area contributed by atoms with Crippen LogP contribution in [0.3, 0.4) is 0 Å². The quantitative estimate of drug-likeness (QED) is 0.826. The molecule has 2 rings (SSSR count). The van der Waals surface area contributed by atoms with E-state index in [1.165, 1.54) is 10.6 Å². The van der Waals surface area contributed by atoms with E-state index in [0.29, 0.717) is 37.8 Å². The molecule has 0 fully saturated rings. The van der Waals surface area contributed by atoms with Gasteiger partial charge in [-0.25, -0.2) is 8.42 Å². The van der Waals surface area contributed by atoms with Gasteiger partial charge in [0.15, 0.2) is 11.5 Å². The predicted molar refractivity (Wildman–Crippen MR) is 68.4 cm³/mol. The molecule has 1 heterocycles. The molecule has 0 aliphatic carbocycles. The molecule has 1 aromatic carbocycles. The van der Waals surface area contributed by atoms with E-state index in [4.69, 9.17) is 9.47 Å². The summed E-state index contributed by atoms with van der Waals surface area (Å²) in [6.45, 7) is 3.58. The zero-order valence-electron chi connectivity index (χ0n) is 10.5. The largest absolute Gasteiger partial charge is 0.486 e. The number of para-hydroxylation sites is 1. The van der Waals surface area contributed by atoms with Crippen molar-refractivity contribution in [2.45, 2.75) is 13.5 Å². The van der Waals surface area contributed by atoms with E-state index >= 15 is 0 Å². The Morgan fingerprint density at radius 1 is 1.28 bits per heavy atom. The molecule has 0 amide bonds. The van der Waals surface area contributed by atoms with Crippen molar-refractivity contribution in [3.05, 3.63) is 23.8 Å². The topological polar surface area (TPSA) is 55.8 Å². The van der Waals surface area contributed by atoms with Gasteiger partial charge in [0.25, 0.3) is 0 Å². The van der Waals surface area contributed by atoms with Crippen LogP contribution in [-0.2, 0) is 16.6 Å². The lowest BCUT2D eigenvalue weighted by molar-refractivity contribution is 0.169. The Kier molecular flexibility index (Phi) is 3.77. The standard InChI is InChI=1S/C12H17NO4S/c1-3-13(18(2,14)15)9-10-5-4-6-11-12(10)17-8-7-16-11/h4-6H,3,7-9H2,1-2H3. The molecule has 0 spiro atoms. The Hall–Kier alpha value is -1.27. The Morgan fingerprint density at radius 2 is 2.00 bits per heavy atom. The van der Waals surface area contributed by atoms with Gasteiger partial charge in [-0.3, -0.25) is 0 Å². The number of hydrogen-bond donors (Lipinski definition) is 0. The van der Waals surface area contributed by atoms with E-state index in [0.717, 1.165) is 5.56 Å². The molecule has 6 heteroatoms. The molecule has 0 N–H and O–H groups in total. The lowest BCUT2D eigenvalue weighted by Gasteiger charge is -2.24. The van der Waals surface area contributed by atoms with Crippen LogP contribution < -0.4 is 9.47 Å². The van der Waals surface area contributed by atoms with Crippen molar-refractivity contribution in [2.24, 2.45) is 0 Å². The van der Waals surface area contributed by atoms with Crippen LogP contribution >= 0.6 is 0 Å². The van der Waals surface area contributed by atoms with Gasteiger partial charge in [0, 0.05) is 18.7 Å². The number of ether oxygens (including phenoxy) is 2. The normalized spacial score (nSPS) is 14.8. The summed E-state index contributed by atoms with van der Waals surface area (Å²) in [5, 5.41) is 0. The van der Waals surface area contributed by atoms with Gasteiger partial charge in [0.1, 0.15) is 13.2 Å². The maximum Gasteiger partial charge on any atom is 0.211 e. The van der Waals surface area contributed by atoms with Gasteiger partial charge in [-0.2, -0.15) is 4.31 Å². The minimum atomic E-state index is -3.20. The predicted octanol–water partition coefficient (Wildman–Crippen LogP) is 1.24. The molecule has 0 saturated carbocycles. The molecule has 0 atom stereocenters. The molecule has 100 valence electrons. The zero-order valence-corrected chi connectivity index (χ0v) is 11.4. The average Bonchev–Trinajstić information content (AvgIpc) is 2.34. The van der Waals surface area contributed by atoms with E-state index in [9.17, 15) is 8.42 Å². The summed E-state index contributed by atoms with van der Waals surface area (Å²) < 4.78 is 35.6. The van der Waals surface area contributed by atoms with Gasteiger partial charge >= 0.3 is 0 Å². The fraction of sp³-hybridized carbons (Fsp3) is 0.500. The minimum Gasteiger partial charge on any atom is -0.486 e. The summed E-state index contributed by atoms with van der Waals surface area (Å²) in [4.78, 5) is 0. The highest BCUT2D eigenvalue weighted by molar-refractivity contribution is 7.88. The first-order valence-corrected chi connectivity index (χ1v) is 7.70. The van der Waals surface area contributed by atoms with Crippen molar-refractivity contribution in [1.29, 1.82) is 0 Å². The monoisotopic (exact) mass is 271 g/mol. The molecule has 1 aliphatic heterocycles. The molecule has 1 aromatic rings. The highest BCUT2D eigenvalue weighted by Crippen LogP contribution is 2.34. The van der Waals surface area contributed by atoms with Crippen LogP contribution in [0.2, 0.25) is 0 Å². The van der Waals surface area contributed by atoms with Gasteiger partial charge < -0.3 is 9.47 Å². The highest BCUT2D eigenvalue weighted by Gasteiger charge is 2.20. The van der Waals surface area contributed by atoms with Gasteiger partial charge in [0.2, 0.25) is 10.0 Å². The van der Waals surface area contributed by atoms with Gasteiger partial charge in [-0.05, 0) is 6.07 Å². The fourth-order valence-corrected chi connectivity index (χ4v) is 2.75. The van der Waals surface area contributed by atoms with Crippen LogP contribution in [0.25, 0.3) is 0 Å². The maximum atomic E-state index is 11.6. The Balaban J connectivity index is 2.29. The summed E-state index contributed by atoms with van der Waals surface area (Å²) in [6.07, 6.45) is 1.21. The van der Waals surface area contributed by atoms with Crippen molar-refractivity contribution < 1.29 is 17.9 Å². The van der Waals surface area contributed by atoms with Crippen LogP contribution in [0.1, 0.15) is 12.5 Å². The molecule has 0 unspecified atom stereocenters. The van der Waals surface area contributed by atoms with Crippen LogP contribution in [0, 0.1) is 0 Å². The third kappa shape index (κ3) is 2.76. The zero-order chi connectivity index (χ0) is 13.2. The second-order valence-electron chi connectivity index (χ2n) is 4.13. The third-order valence-corrected chi connectivity index (χ3v) is 4.14. The first kappa shape index (κ1) is 13.2. The molecule has 5 nitrogen and oxygen atoms in total. The number of fused-ring (bicyclic) bond motifs is 1. The van der Waals surface area contributed by atoms with Crippen molar-refractivity contribution >= 4 is 10.0 Å². The Labute approximate surface area is 107 Å². The molecule has 0 radical (unpaired) electrons. The number of sulfonamides is 1. The van der Waals surface area contributed by atoms with E-state index in [2.05, 4.69) is 0 Å². The van der Waals surface area contributed by atoms with Crippen molar-refractivity contribution in [3.63, 3.8) is 0 Å². The Bertz CT molecular complexity index is 527. The Morgan fingerprint density at radius 3 is 2.67 bits per heavy atom. The molecular weight excluding hydrogens is 254 g/mol.